The average molecular weight is 290 g/mol. The van der Waals surface area contributed by atoms with Crippen LogP contribution >= 0.6 is 23.1 Å². The second-order valence-corrected chi connectivity index (χ2v) is 5.94. The van der Waals surface area contributed by atoms with Crippen molar-refractivity contribution in [1.29, 1.82) is 0 Å². The maximum absolute atomic E-state index is 11.6. The second kappa shape index (κ2) is 7.11. The van der Waals surface area contributed by atoms with Crippen molar-refractivity contribution in [3.8, 4) is 0 Å². The van der Waals surface area contributed by atoms with Gasteiger partial charge < -0.3 is 0 Å². The number of amides is 1. The largest absolute Gasteiger partial charge is 0.272 e. The highest BCUT2D eigenvalue weighted by atomic mass is 32.2. The first kappa shape index (κ1) is 13.8. The van der Waals surface area contributed by atoms with E-state index in [1.165, 1.54) is 17.3 Å². The summed E-state index contributed by atoms with van der Waals surface area (Å²) in [6.07, 6.45) is 1.65. The molecule has 1 N–H and O–H groups in total. The molecule has 1 aromatic heterocycles. The molecular weight excluding hydrogens is 276 g/mol. The molecule has 5 heteroatoms. The lowest BCUT2D eigenvalue weighted by Gasteiger charge is -2.01. The molecule has 0 aliphatic heterocycles. The quantitative estimate of drug-likeness (QED) is 0.521. The monoisotopic (exact) mass is 290 g/mol. The van der Waals surface area contributed by atoms with Crippen LogP contribution in [-0.2, 0) is 4.79 Å². The van der Waals surface area contributed by atoms with Gasteiger partial charge in [0.1, 0.15) is 0 Å². The fourth-order valence-electron chi connectivity index (χ4n) is 1.35. The van der Waals surface area contributed by atoms with Gasteiger partial charge in [-0.2, -0.15) is 5.10 Å². The Labute approximate surface area is 120 Å². The molecule has 0 saturated heterocycles. The average Bonchev–Trinajstić information content (AvgIpc) is 2.91. The van der Waals surface area contributed by atoms with Crippen LogP contribution in [-0.4, -0.2) is 17.9 Å². The van der Waals surface area contributed by atoms with Crippen LogP contribution in [0.15, 0.2) is 51.8 Å². The van der Waals surface area contributed by atoms with Gasteiger partial charge in [-0.05, 0) is 30.5 Å². The Morgan fingerprint density at radius 2 is 2.16 bits per heavy atom. The highest BCUT2D eigenvalue weighted by molar-refractivity contribution is 8.00. The van der Waals surface area contributed by atoms with Crippen molar-refractivity contribution >= 4 is 35.2 Å². The van der Waals surface area contributed by atoms with Crippen molar-refractivity contribution in [3.63, 3.8) is 0 Å². The van der Waals surface area contributed by atoms with E-state index in [1.54, 1.807) is 17.6 Å². The number of rotatable bonds is 5. The maximum Gasteiger partial charge on any atom is 0.250 e. The van der Waals surface area contributed by atoms with Crippen LogP contribution in [0.25, 0.3) is 0 Å². The van der Waals surface area contributed by atoms with E-state index in [2.05, 4.69) is 10.5 Å². The summed E-state index contributed by atoms with van der Waals surface area (Å²) in [5, 5.41) is 5.88. The minimum absolute atomic E-state index is 0.0987. The number of nitrogens with one attached hydrogen (secondary N) is 1. The van der Waals surface area contributed by atoms with E-state index in [0.717, 1.165) is 9.77 Å². The van der Waals surface area contributed by atoms with E-state index in [-0.39, 0.29) is 5.91 Å². The SMILES string of the molecule is Cc1ccc(SCC(=O)N/N=C\c2cccs2)cc1. The predicted octanol–water partition coefficient (Wildman–Crippen LogP) is 3.30. The van der Waals surface area contributed by atoms with Crippen LogP contribution in [0.1, 0.15) is 10.4 Å². The molecule has 0 bridgehead atoms. The maximum atomic E-state index is 11.6. The van der Waals surface area contributed by atoms with Crippen molar-refractivity contribution < 1.29 is 4.79 Å². The fourth-order valence-corrected chi connectivity index (χ4v) is 2.62. The third-order valence-corrected chi connectivity index (χ3v) is 4.13. The van der Waals surface area contributed by atoms with Gasteiger partial charge in [0.25, 0.3) is 0 Å². The zero-order valence-corrected chi connectivity index (χ0v) is 12.1. The molecule has 0 aliphatic rings. The van der Waals surface area contributed by atoms with Crippen molar-refractivity contribution in [1.82, 2.24) is 5.43 Å². The Morgan fingerprint density at radius 3 is 2.84 bits per heavy atom. The number of benzene rings is 1. The molecule has 0 radical (unpaired) electrons. The van der Waals surface area contributed by atoms with Crippen LogP contribution in [0.5, 0.6) is 0 Å². The molecule has 2 aromatic rings. The van der Waals surface area contributed by atoms with Gasteiger partial charge in [0.15, 0.2) is 0 Å². The summed E-state index contributed by atoms with van der Waals surface area (Å²) in [5.74, 6) is 0.267. The first-order chi connectivity index (χ1) is 9.24. The molecule has 0 unspecified atom stereocenters. The van der Waals surface area contributed by atoms with Crippen LogP contribution < -0.4 is 5.43 Å². The third-order valence-electron chi connectivity index (χ3n) is 2.32. The molecule has 98 valence electrons. The van der Waals surface area contributed by atoms with Crippen LogP contribution in [0.3, 0.4) is 0 Å². The number of thiophene rings is 1. The van der Waals surface area contributed by atoms with Gasteiger partial charge in [-0.25, -0.2) is 5.43 Å². The smallest absolute Gasteiger partial charge is 0.250 e. The van der Waals surface area contributed by atoms with Crippen molar-refractivity contribution in [2.75, 3.05) is 5.75 Å². The minimum Gasteiger partial charge on any atom is -0.272 e. The Balaban J connectivity index is 1.74. The summed E-state index contributed by atoms with van der Waals surface area (Å²) in [5.41, 5.74) is 3.74. The molecule has 1 aromatic carbocycles. The topological polar surface area (TPSA) is 41.5 Å². The lowest BCUT2D eigenvalue weighted by molar-refractivity contribution is -0.118. The number of hydrogen-bond acceptors (Lipinski definition) is 4. The molecule has 0 aliphatic carbocycles. The molecule has 0 atom stereocenters. The lowest BCUT2D eigenvalue weighted by Crippen LogP contribution is -2.19. The standard InChI is InChI=1S/C14H14N2OS2/c1-11-4-6-12(7-5-11)19-10-14(17)16-15-9-13-3-2-8-18-13/h2-9H,10H2,1H3,(H,16,17)/b15-9-. The summed E-state index contributed by atoms with van der Waals surface area (Å²) in [6.45, 7) is 2.04. The first-order valence-corrected chi connectivity index (χ1v) is 7.65. The van der Waals surface area contributed by atoms with Crippen LogP contribution in [0.4, 0.5) is 0 Å². The molecule has 3 nitrogen and oxygen atoms in total. The Bertz CT molecular complexity index is 547. The number of hydrazone groups is 1. The van der Waals surface area contributed by atoms with Gasteiger partial charge >= 0.3 is 0 Å². The zero-order valence-electron chi connectivity index (χ0n) is 10.5. The van der Waals surface area contributed by atoms with Gasteiger partial charge in [-0.1, -0.05) is 23.8 Å². The fraction of sp³-hybridized carbons (Fsp3) is 0.143. The number of hydrogen-bond donors (Lipinski definition) is 1. The summed E-state index contributed by atoms with van der Waals surface area (Å²) in [6, 6.07) is 12.0. The molecule has 1 heterocycles. The van der Waals surface area contributed by atoms with Gasteiger partial charge in [0, 0.05) is 9.77 Å². The summed E-state index contributed by atoms with van der Waals surface area (Å²) >= 11 is 3.08. The van der Waals surface area contributed by atoms with Crippen LogP contribution in [0.2, 0.25) is 0 Å². The zero-order chi connectivity index (χ0) is 13.5. The minimum atomic E-state index is -0.0987. The molecule has 19 heavy (non-hydrogen) atoms. The van der Waals surface area contributed by atoms with E-state index in [9.17, 15) is 4.79 Å². The highest BCUT2D eigenvalue weighted by Crippen LogP contribution is 2.17. The predicted molar refractivity (Wildman–Crippen MR) is 82.0 cm³/mol. The summed E-state index contributed by atoms with van der Waals surface area (Å²) < 4.78 is 0. The highest BCUT2D eigenvalue weighted by Gasteiger charge is 2.01. The Kier molecular flexibility index (Phi) is 5.18. The van der Waals surface area contributed by atoms with Crippen molar-refractivity contribution in [3.05, 3.63) is 52.2 Å². The second-order valence-electron chi connectivity index (χ2n) is 3.91. The van der Waals surface area contributed by atoms with Gasteiger partial charge in [0.2, 0.25) is 5.91 Å². The first-order valence-electron chi connectivity index (χ1n) is 5.79. The van der Waals surface area contributed by atoms with E-state index < -0.39 is 0 Å². The van der Waals surface area contributed by atoms with Gasteiger partial charge in [0.05, 0.1) is 12.0 Å². The molecule has 0 spiro atoms. The number of carbonyl (C=O) groups is 1. The summed E-state index contributed by atoms with van der Waals surface area (Å²) in [4.78, 5) is 13.7. The van der Waals surface area contributed by atoms with E-state index in [4.69, 9.17) is 0 Å². The summed E-state index contributed by atoms with van der Waals surface area (Å²) in [7, 11) is 0. The molecule has 2 rings (SSSR count). The Morgan fingerprint density at radius 1 is 1.37 bits per heavy atom. The molecule has 0 fully saturated rings. The van der Waals surface area contributed by atoms with Crippen LogP contribution in [0, 0.1) is 6.92 Å². The van der Waals surface area contributed by atoms with E-state index >= 15 is 0 Å². The molecule has 0 saturated carbocycles. The van der Waals surface area contributed by atoms with Gasteiger partial charge in [-0.3, -0.25) is 4.79 Å². The third kappa shape index (κ3) is 4.89. The van der Waals surface area contributed by atoms with E-state index in [0.29, 0.717) is 5.75 Å². The number of aryl methyl sites for hydroxylation is 1. The molecule has 1 amide bonds. The van der Waals surface area contributed by atoms with Gasteiger partial charge in [-0.15, -0.1) is 23.1 Å². The van der Waals surface area contributed by atoms with Crippen molar-refractivity contribution in [2.24, 2.45) is 5.10 Å². The lowest BCUT2D eigenvalue weighted by atomic mass is 10.2. The number of nitrogens with zero attached hydrogens (tertiary/aromatic N) is 1. The molecular formula is C14H14N2OS2. The van der Waals surface area contributed by atoms with E-state index in [1.807, 2.05) is 48.7 Å². The van der Waals surface area contributed by atoms with Crippen molar-refractivity contribution in [2.45, 2.75) is 11.8 Å². The number of thioether (sulfide) groups is 1. The normalized spacial score (nSPS) is 10.8. The number of carbonyl (C=O) groups excluding carboxylic acids is 1. The Hall–Kier alpha value is -1.59.